The van der Waals surface area contributed by atoms with Crippen LogP contribution >= 0.6 is 7.82 Å². The predicted molar refractivity (Wildman–Crippen MR) is 247 cm³/mol. The van der Waals surface area contributed by atoms with E-state index in [0.29, 0.717) is 19.3 Å². The number of carbonyl (C=O) groups is 2. The molecular weight excluding hydrogens is 780 g/mol. The molecule has 1 unspecified atom stereocenters. The first-order chi connectivity index (χ1) is 29.2. The minimum atomic E-state index is -4.63. The lowest BCUT2D eigenvalue weighted by atomic mass is 10.0. The van der Waals surface area contributed by atoms with Gasteiger partial charge in [-0.15, -0.1) is 0 Å². The summed E-state index contributed by atoms with van der Waals surface area (Å²) in [5.41, 5.74) is 0. The molecule has 0 radical (unpaired) electrons. The number of esters is 2. The third-order valence-corrected chi connectivity index (χ3v) is 11.5. The SMILES string of the molecule is CCCCCCCC/C=C/C/C=C/C/C=C/CCCC(=O)OC[C@H](COP(=O)(O)OC[C@@H](O)CO)OC(=O)CCCCCCCCCCCCCCCCCCCCCC. The third-order valence-electron chi connectivity index (χ3n) is 10.5. The van der Waals surface area contributed by atoms with Crippen molar-refractivity contribution in [2.75, 3.05) is 26.4 Å². The van der Waals surface area contributed by atoms with Gasteiger partial charge >= 0.3 is 19.8 Å². The molecule has 0 aliphatic rings. The van der Waals surface area contributed by atoms with E-state index < -0.39 is 51.8 Å². The summed E-state index contributed by atoms with van der Waals surface area (Å²) in [4.78, 5) is 35.1. The van der Waals surface area contributed by atoms with E-state index in [1.165, 1.54) is 141 Å². The molecule has 0 aromatic rings. The standard InChI is InChI=1S/C49H91O10P/c1-3-5-7-9-11-13-15-17-19-21-22-23-25-27-29-31-33-35-37-39-41-49(53)59-47(45-58-60(54,55)57-43-46(51)42-50)44-56-48(52)40-38-36-34-32-30-28-26-24-20-18-16-14-12-10-8-6-4-2/h18,20,26,28,32,34,46-47,50-51H,3-17,19,21-25,27,29-31,33,35-45H2,1-2H3,(H,54,55)/b20-18+,28-26+,34-32+/t46-,47+/m0/s1. The van der Waals surface area contributed by atoms with Crippen LogP contribution in [0.3, 0.4) is 0 Å². The van der Waals surface area contributed by atoms with E-state index in [-0.39, 0.29) is 19.4 Å². The number of phosphoric ester groups is 1. The lowest BCUT2D eigenvalue weighted by molar-refractivity contribution is -0.161. The van der Waals surface area contributed by atoms with E-state index in [0.717, 1.165) is 38.5 Å². The van der Waals surface area contributed by atoms with Crippen LogP contribution in [0.2, 0.25) is 0 Å². The first-order valence-electron chi connectivity index (χ1n) is 24.4. The Morgan fingerprint density at radius 1 is 0.500 bits per heavy atom. The van der Waals surface area contributed by atoms with Gasteiger partial charge in [0, 0.05) is 12.8 Å². The van der Waals surface area contributed by atoms with Crippen LogP contribution in [-0.2, 0) is 32.7 Å². The highest BCUT2D eigenvalue weighted by atomic mass is 31.2. The van der Waals surface area contributed by atoms with Crippen molar-refractivity contribution in [2.24, 2.45) is 0 Å². The Labute approximate surface area is 367 Å². The summed E-state index contributed by atoms with van der Waals surface area (Å²) in [5, 5.41) is 18.4. The van der Waals surface area contributed by atoms with Gasteiger partial charge in [0.2, 0.25) is 0 Å². The Bertz CT molecular complexity index is 1090. The molecule has 3 atom stereocenters. The summed E-state index contributed by atoms with van der Waals surface area (Å²) in [5.74, 6) is -0.976. The molecule has 0 heterocycles. The normalized spacial score (nSPS) is 14.0. The number of aliphatic hydroxyl groups is 2. The lowest BCUT2D eigenvalue weighted by Crippen LogP contribution is -2.29. The highest BCUT2D eigenvalue weighted by Gasteiger charge is 2.27. The van der Waals surface area contributed by atoms with E-state index in [4.69, 9.17) is 23.6 Å². The van der Waals surface area contributed by atoms with Gasteiger partial charge in [-0.3, -0.25) is 18.6 Å². The number of hydrogen-bond acceptors (Lipinski definition) is 9. The third kappa shape index (κ3) is 44.3. The fraction of sp³-hybridized carbons (Fsp3) is 0.837. The molecule has 0 saturated heterocycles. The smallest absolute Gasteiger partial charge is 0.462 e. The van der Waals surface area contributed by atoms with Crippen molar-refractivity contribution in [1.29, 1.82) is 0 Å². The minimum Gasteiger partial charge on any atom is -0.462 e. The molecule has 0 saturated carbocycles. The van der Waals surface area contributed by atoms with Crippen LogP contribution in [0.5, 0.6) is 0 Å². The number of aliphatic hydroxyl groups excluding tert-OH is 2. The molecule has 60 heavy (non-hydrogen) atoms. The van der Waals surface area contributed by atoms with Crippen LogP contribution in [0.4, 0.5) is 0 Å². The fourth-order valence-corrected chi connectivity index (χ4v) is 7.57. The van der Waals surface area contributed by atoms with Crippen LogP contribution in [0.25, 0.3) is 0 Å². The van der Waals surface area contributed by atoms with Gasteiger partial charge in [-0.05, 0) is 44.9 Å². The molecule has 0 bridgehead atoms. The van der Waals surface area contributed by atoms with Gasteiger partial charge in [-0.1, -0.05) is 204 Å². The van der Waals surface area contributed by atoms with Crippen molar-refractivity contribution < 1.29 is 47.8 Å². The maximum Gasteiger partial charge on any atom is 0.472 e. The average molecular weight is 871 g/mol. The highest BCUT2D eigenvalue weighted by molar-refractivity contribution is 7.47. The van der Waals surface area contributed by atoms with Crippen LogP contribution < -0.4 is 0 Å². The van der Waals surface area contributed by atoms with E-state index in [2.05, 4.69) is 44.2 Å². The fourth-order valence-electron chi connectivity index (χ4n) is 6.78. The Balaban J connectivity index is 4.26. The monoisotopic (exact) mass is 871 g/mol. The topological polar surface area (TPSA) is 149 Å². The zero-order valence-electron chi connectivity index (χ0n) is 38.4. The number of carbonyl (C=O) groups excluding carboxylic acids is 2. The van der Waals surface area contributed by atoms with Crippen LogP contribution in [-0.4, -0.2) is 65.7 Å². The Morgan fingerprint density at radius 3 is 1.35 bits per heavy atom. The molecule has 352 valence electrons. The lowest BCUT2D eigenvalue weighted by Gasteiger charge is -2.20. The minimum absolute atomic E-state index is 0.172. The average Bonchev–Trinajstić information content (AvgIpc) is 3.24. The molecule has 10 nitrogen and oxygen atoms in total. The molecule has 0 rings (SSSR count). The first kappa shape index (κ1) is 58.2. The van der Waals surface area contributed by atoms with Crippen molar-refractivity contribution >= 4 is 19.8 Å². The maximum absolute atomic E-state index is 12.7. The van der Waals surface area contributed by atoms with Gasteiger partial charge in [0.05, 0.1) is 19.8 Å². The number of ether oxygens (including phenoxy) is 2. The second-order valence-corrected chi connectivity index (χ2v) is 17.9. The molecule has 3 N–H and O–H groups in total. The van der Waals surface area contributed by atoms with E-state index in [1.807, 2.05) is 6.08 Å². The van der Waals surface area contributed by atoms with Gasteiger partial charge in [0.25, 0.3) is 0 Å². The summed E-state index contributed by atoms with van der Waals surface area (Å²) in [7, 11) is -4.63. The summed E-state index contributed by atoms with van der Waals surface area (Å²) < 4.78 is 32.8. The van der Waals surface area contributed by atoms with Crippen molar-refractivity contribution in [3.63, 3.8) is 0 Å². The zero-order valence-corrected chi connectivity index (χ0v) is 39.3. The summed E-state index contributed by atoms with van der Waals surface area (Å²) >= 11 is 0. The second-order valence-electron chi connectivity index (χ2n) is 16.5. The van der Waals surface area contributed by atoms with Crippen LogP contribution in [0, 0.1) is 0 Å². The van der Waals surface area contributed by atoms with Gasteiger partial charge < -0.3 is 24.6 Å². The zero-order chi connectivity index (χ0) is 44.0. The van der Waals surface area contributed by atoms with Crippen molar-refractivity contribution in [1.82, 2.24) is 0 Å². The van der Waals surface area contributed by atoms with E-state index >= 15 is 0 Å². The second kappa shape index (κ2) is 45.2. The number of rotatable bonds is 46. The van der Waals surface area contributed by atoms with Crippen LogP contribution in [0.15, 0.2) is 36.5 Å². The van der Waals surface area contributed by atoms with Gasteiger partial charge in [-0.2, -0.15) is 0 Å². The molecule has 0 aromatic heterocycles. The molecule has 0 fully saturated rings. The number of phosphoric acid groups is 1. The molecular formula is C49H91O10P. The molecule has 0 spiro atoms. The van der Waals surface area contributed by atoms with E-state index in [9.17, 15) is 24.2 Å². The molecule has 0 aromatic carbocycles. The number of hydrogen-bond donors (Lipinski definition) is 3. The molecule has 0 aliphatic heterocycles. The number of allylic oxidation sites excluding steroid dienone is 6. The molecule has 0 amide bonds. The molecule has 0 aliphatic carbocycles. The Hall–Kier alpha value is -1.81. The maximum atomic E-state index is 12.7. The summed E-state index contributed by atoms with van der Waals surface area (Å²) in [6, 6.07) is 0. The van der Waals surface area contributed by atoms with Crippen LogP contribution in [0.1, 0.15) is 226 Å². The largest absolute Gasteiger partial charge is 0.472 e. The molecule has 11 heteroatoms. The van der Waals surface area contributed by atoms with E-state index in [1.54, 1.807) is 0 Å². The quantitative estimate of drug-likeness (QED) is 0.0234. The first-order valence-corrected chi connectivity index (χ1v) is 25.9. The van der Waals surface area contributed by atoms with Gasteiger partial charge in [0.15, 0.2) is 6.10 Å². The highest BCUT2D eigenvalue weighted by Crippen LogP contribution is 2.43. The number of unbranched alkanes of at least 4 members (excludes halogenated alkanes) is 26. The van der Waals surface area contributed by atoms with Gasteiger partial charge in [0.1, 0.15) is 12.7 Å². The summed E-state index contributed by atoms with van der Waals surface area (Å²) in [6.07, 6.45) is 48.3. The van der Waals surface area contributed by atoms with Crippen molar-refractivity contribution in [3.05, 3.63) is 36.5 Å². The summed E-state index contributed by atoms with van der Waals surface area (Å²) in [6.45, 7) is 2.35. The van der Waals surface area contributed by atoms with Crippen molar-refractivity contribution in [2.45, 2.75) is 238 Å². The Morgan fingerprint density at radius 2 is 0.883 bits per heavy atom. The Kier molecular flexibility index (Phi) is 43.9. The van der Waals surface area contributed by atoms with Gasteiger partial charge in [-0.25, -0.2) is 4.57 Å². The van der Waals surface area contributed by atoms with Crippen molar-refractivity contribution in [3.8, 4) is 0 Å². The predicted octanol–water partition coefficient (Wildman–Crippen LogP) is 13.5.